The maximum Gasteiger partial charge on any atom is 0.261 e. The van der Waals surface area contributed by atoms with E-state index in [0.29, 0.717) is 59.7 Å². The lowest BCUT2D eigenvalue weighted by atomic mass is 9.93. The molecule has 120 heavy (non-hydrogen) atoms. The van der Waals surface area contributed by atoms with Crippen LogP contribution in [0.25, 0.3) is 71.9 Å². The van der Waals surface area contributed by atoms with Gasteiger partial charge in [0.2, 0.25) is 0 Å². The highest BCUT2D eigenvalue weighted by molar-refractivity contribution is 7.44. The number of rotatable bonds is 63. The van der Waals surface area contributed by atoms with E-state index in [4.69, 9.17) is 0 Å². The number of carbonyl (C=O) groups excluding carboxylic acids is 4. The second kappa shape index (κ2) is 51.0. The molecule has 0 N–H and O–H groups in total. The van der Waals surface area contributed by atoms with Gasteiger partial charge in [-0.3, -0.25) is 19.2 Å². The monoisotopic (exact) mass is 1730 g/mol. The van der Waals surface area contributed by atoms with Crippen LogP contribution in [0.2, 0.25) is 0 Å². The zero-order chi connectivity index (χ0) is 84.4. The lowest BCUT2D eigenvalue weighted by Crippen LogP contribution is -2.34. The smallest absolute Gasteiger partial charge is 0.261 e. The molecule has 2 aromatic carbocycles. The quantitative estimate of drug-likeness (QED) is 0.0216. The zero-order valence-electron chi connectivity index (χ0n) is 75.6. The largest absolute Gasteiger partial charge is 0.373 e. The van der Waals surface area contributed by atoms with E-state index < -0.39 is 0 Å². The maximum absolute atomic E-state index is 16.7. The first-order chi connectivity index (χ1) is 58.9. The molecule has 8 nitrogen and oxygen atoms in total. The Morgan fingerprint density at radius 2 is 0.642 bits per heavy atom. The third-order valence-corrected chi connectivity index (χ3v) is 33.8. The first-order valence-electron chi connectivity index (χ1n) is 48.7. The topological polar surface area (TPSA) is 81.2 Å². The van der Waals surface area contributed by atoms with E-state index in [2.05, 4.69) is 179 Å². The highest BCUT2D eigenvalue weighted by Gasteiger charge is 2.51. The highest BCUT2D eigenvalue weighted by Crippen LogP contribution is 2.56. The van der Waals surface area contributed by atoms with Crippen LogP contribution in [-0.2, 0) is 19.2 Å². The van der Waals surface area contributed by atoms with Crippen LogP contribution in [0.4, 0.5) is 0 Å². The summed E-state index contributed by atoms with van der Waals surface area (Å²) in [6.45, 7) is 21.0. The summed E-state index contributed by atoms with van der Waals surface area (Å²) in [6, 6.07) is 34.9. The molecular formula is C106H150N4O4S6. The maximum atomic E-state index is 16.7. The van der Waals surface area contributed by atoms with Crippen LogP contribution >= 0.6 is 68.0 Å². The second-order valence-corrected chi connectivity index (χ2v) is 42.3. The van der Waals surface area contributed by atoms with Gasteiger partial charge in [-0.05, 0) is 123 Å². The van der Waals surface area contributed by atoms with E-state index in [0.717, 1.165) is 172 Å². The Morgan fingerprint density at radius 3 is 1.04 bits per heavy atom. The van der Waals surface area contributed by atoms with Gasteiger partial charge in [-0.1, -0.05) is 366 Å². The van der Waals surface area contributed by atoms with Crippen LogP contribution in [0.3, 0.4) is 0 Å². The van der Waals surface area contributed by atoms with Gasteiger partial charge in [-0.25, -0.2) is 0 Å². The molecule has 0 spiro atoms. The minimum absolute atomic E-state index is 0.00483. The third kappa shape index (κ3) is 25.5. The molecule has 0 saturated heterocycles. The minimum atomic E-state index is -0.0343. The Morgan fingerprint density at radius 1 is 0.325 bits per heavy atom. The summed E-state index contributed by atoms with van der Waals surface area (Å²) in [5.74, 6) is 1.31. The van der Waals surface area contributed by atoms with Crippen molar-refractivity contribution in [2.24, 2.45) is 23.7 Å². The summed E-state index contributed by atoms with van der Waals surface area (Å²) in [4.78, 5) is 79.9. The first kappa shape index (κ1) is 94.9. The van der Waals surface area contributed by atoms with Crippen LogP contribution in [0.5, 0.6) is 0 Å². The van der Waals surface area contributed by atoms with E-state index >= 15 is 14.4 Å². The van der Waals surface area contributed by atoms with E-state index in [9.17, 15) is 4.79 Å². The molecule has 0 saturated carbocycles. The van der Waals surface area contributed by atoms with E-state index in [1.165, 1.54) is 234 Å². The number of nitrogens with zero attached hydrogens (tertiary/aromatic N) is 4. The molecule has 0 fully saturated rings. The van der Waals surface area contributed by atoms with Crippen LogP contribution in [0, 0.1) is 23.7 Å². The molecule has 4 atom stereocenters. The van der Waals surface area contributed by atoms with Crippen molar-refractivity contribution < 1.29 is 19.2 Å². The fourth-order valence-electron chi connectivity index (χ4n) is 19.3. The molecule has 654 valence electrons. The molecule has 3 amide bonds. The number of fused-ring (bicyclic) bond motifs is 6. The minimum Gasteiger partial charge on any atom is -0.373 e. The molecule has 9 heterocycles. The molecule has 0 radical (unpaired) electrons. The number of benzene rings is 2. The summed E-state index contributed by atoms with van der Waals surface area (Å²) in [7, 11) is 2.23. The summed E-state index contributed by atoms with van der Waals surface area (Å²) in [6.07, 6.45) is 57.3. The predicted molar refractivity (Wildman–Crippen MR) is 528 cm³/mol. The molecule has 3 aliphatic rings. The molecule has 11 rings (SSSR count). The number of amides is 3. The fourth-order valence-corrected chi connectivity index (χ4v) is 27.3. The van der Waals surface area contributed by atoms with Gasteiger partial charge in [-0.15, -0.1) is 68.0 Å². The van der Waals surface area contributed by atoms with Gasteiger partial charge < -0.3 is 19.6 Å². The van der Waals surface area contributed by atoms with Crippen molar-refractivity contribution in [2.75, 3.05) is 33.2 Å². The SMILES string of the molecule is CCCCCCCCC(CCCCC)CN1C(=O)C2=C(c3cc4sc5c6sc(C7=C(C=O)/C(=C(/c8ccc(-c9ccccc9)s8)N(C)CC(CCCCCC)CCCCCCCC)C(=O)N7CC(CCCCCC)CCCCCCCC)cc6sc5c4s3)N(CC(CCCCCC)CCCCCCCC)C(=O)C2=C1c1ccc(-c2ccccc2)s1. The summed E-state index contributed by atoms with van der Waals surface area (Å²) in [5.41, 5.74) is 7.94. The average Bonchev–Trinajstić information content (AvgIpc) is 1.54. The fraction of sp³-hybridized carbons (Fsp3) is 0.604. The molecule has 6 aromatic heterocycles. The van der Waals surface area contributed by atoms with Gasteiger partial charge in [0.15, 0.2) is 6.29 Å². The molecule has 0 bridgehead atoms. The summed E-state index contributed by atoms with van der Waals surface area (Å²) in [5, 5.41) is 0. The van der Waals surface area contributed by atoms with Crippen molar-refractivity contribution in [2.45, 2.75) is 357 Å². The summed E-state index contributed by atoms with van der Waals surface area (Å²) >= 11 is 10.7. The van der Waals surface area contributed by atoms with Crippen molar-refractivity contribution in [3.05, 3.63) is 139 Å². The van der Waals surface area contributed by atoms with Crippen molar-refractivity contribution in [3.8, 4) is 20.9 Å². The standard InChI is InChI=1S/C106H150N4O4S6/c1-10-18-26-33-37-47-57-78(56-44-30-22-14-5)73-107(9)97(87-69-67-85(115-87)82-63-51-41-52-64-82)93-84(77-111)96(108(104(93)112)74-80(58-45-31-23-15-6)61-49-39-35-28-20-12-3)89-71-91-100(117-89)102-103(119-91)101-92(120-102)72-90(118-101)99-95-94(105(113)110(99)76-81(59-46-32-24-16-7)62-50-40-36-29-21-13-4)98(88-70-68-86(116-88)83-65-53-42-54-66-83)109(106(95)114)75-79(55-43-25-17-8)60-48-38-34-27-19-11-2/h41-42,51-54,63-72,77-81H,10-40,43-50,55-62,73-76H2,1-9H3/b97-93+. The van der Waals surface area contributed by atoms with Crippen molar-refractivity contribution in [3.63, 3.8) is 0 Å². The number of unbranched alkanes of at least 4 members (excludes halogenated alkanes) is 31. The Labute approximate surface area is 749 Å². The van der Waals surface area contributed by atoms with Crippen LogP contribution in [0.15, 0.2) is 119 Å². The highest BCUT2D eigenvalue weighted by atomic mass is 32.1. The molecule has 14 heteroatoms. The molecular weight excluding hydrogens is 1590 g/mol. The van der Waals surface area contributed by atoms with Crippen LogP contribution in [0.1, 0.15) is 377 Å². The normalized spacial score (nSPS) is 15.5. The molecule has 4 unspecified atom stereocenters. The number of hydrogen-bond acceptors (Lipinski definition) is 11. The van der Waals surface area contributed by atoms with Gasteiger partial charge in [0, 0.05) is 52.4 Å². The average molecular weight is 1740 g/mol. The Hall–Kier alpha value is -5.74. The van der Waals surface area contributed by atoms with Gasteiger partial charge in [0.25, 0.3) is 17.7 Å². The number of carbonyl (C=O) groups is 4. The number of hydrogen-bond donors (Lipinski definition) is 0. The van der Waals surface area contributed by atoms with Crippen molar-refractivity contribution in [1.29, 1.82) is 0 Å². The van der Waals surface area contributed by atoms with Gasteiger partial charge in [0.05, 0.1) is 83.4 Å². The first-order valence-corrected chi connectivity index (χ1v) is 53.6. The number of thiophene rings is 6. The van der Waals surface area contributed by atoms with E-state index in [-0.39, 0.29) is 23.6 Å². The van der Waals surface area contributed by atoms with Crippen molar-refractivity contribution >= 4 is 143 Å². The molecule has 0 aliphatic carbocycles. The van der Waals surface area contributed by atoms with Gasteiger partial charge in [0.1, 0.15) is 0 Å². The van der Waals surface area contributed by atoms with Crippen LogP contribution in [-0.4, -0.2) is 76.8 Å². The van der Waals surface area contributed by atoms with E-state index in [1.54, 1.807) is 45.3 Å². The Kier molecular flexibility index (Phi) is 40.4. The van der Waals surface area contributed by atoms with Crippen LogP contribution < -0.4 is 0 Å². The zero-order valence-corrected chi connectivity index (χ0v) is 80.5. The van der Waals surface area contributed by atoms with E-state index in [1.807, 2.05) is 22.7 Å². The summed E-state index contributed by atoms with van der Waals surface area (Å²) < 4.78 is 7.22. The predicted octanol–water partition coefficient (Wildman–Crippen LogP) is 33.7. The Balaban J connectivity index is 1.05. The Bertz CT molecular complexity index is 4570. The lowest BCUT2D eigenvalue weighted by Gasteiger charge is -2.30. The van der Waals surface area contributed by atoms with Gasteiger partial charge >= 0.3 is 0 Å². The third-order valence-electron chi connectivity index (χ3n) is 26.2. The van der Waals surface area contributed by atoms with Crippen molar-refractivity contribution in [1.82, 2.24) is 19.6 Å². The van der Waals surface area contributed by atoms with Gasteiger partial charge in [-0.2, -0.15) is 0 Å². The molecule has 8 aromatic rings. The molecule has 3 aliphatic heterocycles. The second-order valence-electron chi connectivity index (χ2n) is 35.9. The number of aldehydes is 1. The lowest BCUT2D eigenvalue weighted by molar-refractivity contribution is -0.124.